The summed E-state index contributed by atoms with van der Waals surface area (Å²) in [6.07, 6.45) is 0.992. The summed E-state index contributed by atoms with van der Waals surface area (Å²) < 4.78 is 11.1. The van der Waals surface area contributed by atoms with Gasteiger partial charge >= 0.3 is 0 Å². The molecule has 1 aliphatic heterocycles. The lowest BCUT2D eigenvalue weighted by Gasteiger charge is -2.26. The highest BCUT2D eigenvalue weighted by molar-refractivity contribution is 7.80. The van der Waals surface area contributed by atoms with E-state index in [0.717, 1.165) is 50.6 Å². The number of nitrogens with two attached hydrogens (primary N) is 1. The molecule has 0 spiro atoms. The first kappa shape index (κ1) is 14.2. The van der Waals surface area contributed by atoms with Crippen molar-refractivity contribution in [3.8, 4) is 5.75 Å². The predicted molar refractivity (Wildman–Crippen MR) is 79.7 cm³/mol. The second-order valence-electron chi connectivity index (χ2n) is 4.52. The second kappa shape index (κ2) is 7.43. The minimum absolute atomic E-state index is 0.378. The Bertz CT molecular complexity index is 420. The fraction of sp³-hybridized carbons (Fsp3) is 0.500. The van der Waals surface area contributed by atoms with Crippen LogP contribution in [0.1, 0.15) is 12.0 Å². The Hall–Kier alpha value is -1.17. The van der Waals surface area contributed by atoms with Gasteiger partial charge in [0.1, 0.15) is 10.7 Å². The third-order valence-electron chi connectivity index (χ3n) is 3.13. The van der Waals surface area contributed by atoms with Gasteiger partial charge in [0, 0.05) is 19.6 Å². The first-order valence-electron chi connectivity index (χ1n) is 6.59. The van der Waals surface area contributed by atoms with Crippen LogP contribution in [0.15, 0.2) is 24.3 Å². The maximum absolute atomic E-state index is 5.76. The monoisotopic (exact) mass is 280 g/mol. The SMILES string of the molecule is NC(=S)c1ccccc1OCCCN1CCOCC1. The van der Waals surface area contributed by atoms with E-state index in [4.69, 9.17) is 27.4 Å². The van der Waals surface area contributed by atoms with Crippen molar-refractivity contribution in [2.75, 3.05) is 39.5 Å². The molecule has 0 unspecified atom stereocenters. The van der Waals surface area contributed by atoms with Gasteiger partial charge in [0.25, 0.3) is 0 Å². The van der Waals surface area contributed by atoms with Crippen LogP contribution in [0.25, 0.3) is 0 Å². The van der Waals surface area contributed by atoms with Crippen molar-refractivity contribution < 1.29 is 9.47 Å². The molecular weight excluding hydrogens is 260 g/mol. The zero-order chi connectivity index (χ0) is 13.5. The average molecular weight is 280 g/mol. The van der Waals surface area contributed by atoms with E-state index in [2.05, 4.69) is 4.90 Å². The number of hydrogen-bond donors (Lipinski definition) is 1. The van der Waals surface area contributed by atoms with E-state index in [0.29, 0.717) is 11.6 Å². The predicted octanol–water partition coefficient (Wildman–Crippen LogP) is 1.42. The largest absolute Gasteiger partial charge is 0.493 e. The maximum atomic E-state index is 5.76. The second-order valence-corrected chi connectivity index (χ2v) is 4.96. The van der Waals surface area contributed by atoms with Gasteiger partial charge in [-0.15, -0.1) is 0 Å². The highest BCUT2D eigenvalue weighted by Crippen LogP contribution is 2.17. The molecule has 2 rings (SSSR count). The molecule has 1 saturated heterocycles. The number of hydrogen-bond acceptors (Lipinski definition) is 4. The van der Waals surface area contributed by atoms with Crippen LogP contribution in [0.2, 0.25) is 0 Å². The van der Waals surface area contributed by atoms with Crippen LogP contribution in [0, 0.1) is 0 Å². The van der Waals surface area contributed by atoms with Crippen molar-refractivity contribution >= 4 is 17.2 Å². The van der Waals surface area contributed by atoms with Crippen LogP contribution >= 0.6 is 12.2 Å². The van der Waals surface area contributed by atoms with Gasteiger partial charge < -0.3 is 15.2 Å². The molecule has 0 saturated carbocycles. The molecule has 0 bridgehead atoms. The Balaban J connectivity index is 1.74. The van der Waals surface area contributed by atoms with E-state index < -0.39 is 0 Å². The highest BCUT2D eigenvalue weighted by Gasteiger charge is 2.10. The summed E-state index contributed by atoms with van der Waals surface area (Å²) in [7, 11) is 0. The van der Waals surface area contributed by atoms with Crippen LogP contribution < -0.4 is 10.5 Å². The van der Waals surface area contributed by atoms with Gasteiger partial charge in [-0.1, -0.05) is 24.4 Å². The molecule has 1 heterocycles. The van der Waals surface area contributed by atoms with Crippen LogP contribution in [0.5, 0.6) is 5.75 Å². The lowest BCUT2D eigenvalue weighted by molar-refractivity contribution is 0.0358. The number of benzene rings is 1. The smallest absolute Gasteiger partial charge is 0.129 e. The minimum atomic E-state index is 0.378. The molecular formula is C14H20N2O2S. The van der Waals surface area contributed by atoms with Gasteiger partial charge in [0.05, 0.1) is 25.4 Å². The molecule has 0 amide bonds. The van der Waals surface area contributed by atoms with Gasteiger partial charge in [-0.2, -0.15) is 0 Å². The summed E-state index contributed by atoms with van der Waals surface area (Å²) in [4.78, 5) is 2.77. The van der Waals surface area contributed by atoms with Crippen molar-refractivity contribution in [1.82, 2.24) is 4.90 Å². The zero-order valence-corrected chi connectivity index (χ0v) is 11.8. The third kappa shape index (κ3) is 4.45. The number of nitrogens with zero attached hydrogens (tertiary/aromatic N) is 1. The zero-order valence-electron chi connectivity index (χ0n) is 11.0. The third-order valence-corrected chi connectivity index (χ3v) is 3.35. The lowest BCUT2D eigenvalue weighted by atomic mass is 10.2. The molecule has 0 atom stereocenters. The van der Waals surface area contributed by atoms with E-state index in [1.165, 1.54) is 0 Å². The molecule has 19 heavy (non-hydrogen) atoms. The Morgan fingerprint density at radius 1 is 1.32 bits per heavy atom. The summed E-state index contributed by atoms with van der Waals surface area (Å²) in [5.74, 6) is 0.775. The molecule has 5 heteroatoms. The van der Waals surface area contributed by atoms with E-state index in [-0.39, 0.29) is 0 Å². The van der Waals surface area contributed by atoms with Crippen LogP contribution in [-0.2, 0) is 4.74 Å². The van der Waals surface area contributed by atoms with Gasteiger partial charge in [0.15, 0.2) is 0 Å². The fourth-order valence-corrected chi connectivity index (χ4v) is 2.26. The molecule has 104 valence electrons. The van der Waals surface area contributed by atoms with Crippen molar-refractivity contribution in [1.29, 1.82) is 0 Å². The summed E-state index contributed by atoms with van der Waals surface area (Å²) in [5, 5.41) is 0. The normalized spacial score (nSPS) is 16.2. The molecule has 1 aromatic rings. The Kier molecular flexibility index (Phi) is 5.57. The minimum Gasteiger partial charge on any atom is -0.493 e. The first-order chi connectivity index (χ1) is 9.27. The quantitative estimate of drug-likeness (QED) is 0.631. The Morgan fingerprint density at radius 2 is 2.05 bits per heavy atom. The molecule has 0 radical (unpaired) electrons. The van der Waals surface area contributed by atoms with Crippen molar-refractivity contribution in [2.24, 2.45) is 5.73 Å². The molecule has 1 aromatic carbocycles. The number of thiocarbonyl (C=S) groups is 1. The summed E-state index contributed by atoms with van der Waals surface area (Å²) in [6, 6.07) is 7.64. The van der Waals surface area contributed by atoms with Crippen molar-refractivity contribution in [3.63, 3.8) is 0 Å². The molecule has 4 nitrogen and oxygen atoms in total. The van der Waals surface area contributed by atoms with Crippen LogP contribution in [0.4, 0.5) is 0 Å². The van der Waals surface area contributed by atoms with Gasteiger partial charge in [0.2, 0.25) is 0 Å². The standard InChI is InChI=1S/C14H20N2O2S/c15-14(19)12-4-1-2-5-13(12)18-9-3-6-16-7-10-17-11-8-16/h1-2,4-5H,3,6-11H2,(H2,15,19). The van der Waals surface area contributed by atoms with Gasteiger partial charge in [-0.05, 0) is 18.6 Å². The van der Waals surface area contributed by atoms with E-state index in [9.17, 15) is 0 Å². The average Bonchev–Trinajstić information content (AvgIpc) is 2.45. The molecule has 0 aromatic heterocycles. The topological polar surface area (TPSA) is 47.7 Å². The summed E-state index contributed by atoms with van der Waals surface area (Å²) in [6.45, 7) is 5.43. The van der Waals surface area contributed by atoms with Gasteiger partial charge in [-0.3, -0.25) is 4.90 Å². The van der Waals surface area contributed by atoms with Gasteiger partial charge in [-0.25, -0.2) is 0 Å². The highest BCUT2D eigenvalue weighted by atomic mass is 32.1. The Labute approximate surface area is 119 Å². The molecule has 1 fully saturated rings. The van der Waals surface area contributed by atoms with E-state index in [1.807, 2.05) is 24.3 Å². The number of rotatable bonds is 6. The number of ether oxygens (including phenoxy) is 2. The summed E-state index contributed by atoms with van der Waals surface area (Å²) >= 11 is 5.01. The number of para-hydroxylation sites is 1. The molecule has 0 aliphatic carbocycles. The molecule has 2 N–H and O–H groups in total. The molecule has 1 aliphatic rings. The van der Waals surface area contributed by atoms with E-state index in [1.54, 1.807) is 0 Å². The maximum Gasteiger partial charge on any atom is 0.129 e. The fourth-order valence-electron chi connectivity index (χ4n) is 2.09. The lowest BCUT2D eigenvalue weighted by Crippen LogP contribution is -2.37. The Morgan fingerprint density at radius 3 is 2.79 bits per heavy atom. The number of morpholine rings is 1. The van der Waals surface area contributed by atoms with E-state index >= 15 is 0 Å². The summed E-state index contributed by atoms with van der Waals surface area (Å²) in [5.41, 5.74) is 6.47. The van der Waals surface area contributed by atoms with Crippen LogP contribution in [0.3, 0.4) is 0 Å². The van der Waals surface area contributed by atoms with Crippen molar-refractivity contribution in [2.45, 2.75) is 6.42 Å². The van der Waals surface area contributed by atoms with Crippen LogP contribution in [-0.4, -0.2) is 49.3 Å². The first-order valence-corrected chi connectivity index (χ1v) is 7.00. The van der Waals surface area contributed by atoms with Crippen molar-refractivity contribution in [3.05, 3.63) is 29.8 Å².